The van der Waals surface area contributed by atoms with Gasteiger partial charge in [-0.25, -0.2) is 8.78 Å². The molecule has 0 fully saturated rings. The first-order valence-electron chi connectivity index (χ1n) is 27.7. The number of aryl methyl sites for hydroxylation is 1. The van der Waals surface area contributed by atoms with E-state index in [1.807, 2.05) is 12.1 Å². The summed E-state index contributed by atoms with van der Waals surface area (Å²) in [6.07, 6.45) is 44.6. The number of aliphatic hydroxyl groups is 2. The van der Waals surface area contributed by atoms with E-state index in [9.17, 15) is 19.0 Å². The lowest BCUT2D eigenvalue weighted by molar-refractivity contribution is 0.0673. The molecule has 6 nitrogen and oxygen atoms in total. The molecule has 0 radical (unpaired) electrons. The van der Waals surface area contributed by atoms with Crippen LogP contribution >= 0.6 is 0 Å². The monoisotopic (exact) mass is 947 g/mol. The molecule has 0 saturated heterocycles. The third-order valence-corrected chi connectivity index (χ3v) is 12.8. The zero-order chi connectivity index (χ0) is 49.4. The van der Waals surface area contributed by atoms with Gasteiger partial charge in [0.05, 0.1) is 49.0 Å². The van der Waals surface area contributed by atoms with Crippen molar-refractivity contribution in [2.24, 2.45) is 11.8 Å². The van der Waals surface area contributed by atoms with Gasteiger partial charge in [0, 0.05) is 31.3 Å². The summed E-state index contributed by atoms with van der Waals surface area (Å²) in [5, 5.41) is 37.0. The lowest BCUT2D eigenvalue weighted by atomic mass is 9.99. The van der Waals surface area contributed by atoms with Crippen LogP contribution in [0.5, 0.6) is 0 Å². The van der Waals surface area contributed by atoms with Gasteiger partial charge in [0.15, 0.2) is 0 Å². The van der Waals surface area contributed by atoms with Crippen molar-refractivity contribution >= 4 is 0 Å². The van der Waals surface area contributed by atoms with Gasteiger partial charge in [0.1, 0.15) is 11.6 Å². The molecule has 8 heteroatoms. The largest absolute Gasteiger partial charge is 0.396 e. The molecule has 2 aromatic carbocycles. The molecule has 2 aromatic rings. The lowest BCUT2D eigenvalue weighted by Gasteiger charge is -2.14. The van der Waals surface area contributed by atoms with Crippen LogP contribution in [-0.2, 0) is 15.9 Å². The van der Waals surface area contributed by atoms with Crippen LogP contribution in [0.1, 0.15) is 248 Å². The second kappa shape index (κ2) is 47.4. The van der Waals surface area contributed by atoms with Crippen molar-refractivity contribution in [2.45, 2.75) is 232 Å². The molecule has 0 aliphatic heterocycles. The third-order valence-electron chi connectivity index (χ3n) is 12.8. The molecular formula is C60H96F2N2O4. The van der Waals surface area contributed by atoms with Gasteiger partial charge in [-0.1, -0.05) is 218 Å². The van der Waals surface area contributed by atoms with E-state index < -0.39 is 5.82 Å². The average molecular weight is 947 g/mol. The first-order chi connectivity index (χ1) is 33.4. The van der Waals surface area contributed by atoms with E-state index in [1.165, 1.54) is 217 Å². The van der Waals surface area contributed by atoms with Crippen molar-refractivity contribution < 1.29 is 28.5 Å². The molecule has 2 N–H and O–H groups in total. The van der Waals surface area contributed by atoms with E-state index >= 15 is 0 Å². The molecule has 2 atom stereocenters. The van der Waals surface area contributed by atoms with E-state index in [-0.39, 0.29) is 36.4 Å². The van der Waals surface area contributed by atoms with Crippen LogP contribution < -0.4 is 0 Å². The fourth-order valence-electron chi connectivity index (χ4n) is 8.49. The van der Waals surface area contributed by atoms with E-state index in [4.69, 9.17) is 20.0 Å². The smallest absolute Gasteiger partial charge is 0.125 e. The molecular weight excluding hydrogens is 851 g/mol. The van der Waals surface area contributed by atoms with Gasteiger partial charge < -0.3 is 19.7 Å². The molecule has 384 valence electrons. The van der Waals surface area contributed by atoms with Gasteiger partial charge in [-0.2, -0.15) is 10.5 Å². The molecule has 0 heterocycles. The Hall–Kier alpha value is -3.32. The highest BCUT2D eigenvalue weighted by Gasteiger charge is 2.10. The summed E-state index contributed by atoms with van der Waals surface area (Å²) in [7, 11) is 0. The first kappa shape index (κ1) is 62.7. The highest BCUT2D eigenvalue weighted by atomic mass is 19.1. The summed E-state index contributed by atoms with van der Waals surface area (Å²) in [6, 6.07) is 12.3. The molecule has 0 aromatic heterocycles. The molecule has 2 rings (SSSR count). The number of rotatable bonds is 43. The number of aliphatic hydroxyl groups excluding tert-OH is 2. The van der Waals surface area contributed by atoms with E-state index in [1.54, 1.807) is 12.1 Å². The first-order valence-corrected chi connectivity index (χ1v) is 27.7. The minimum Gasteiger partial charge on any atom is -0.396 e. The van der Waals surface area contributed by atoms with Gasteiger partial charge in [-0.05, 0) is 67.6 Å². The number of unbranched alkanes of at least 4 members (excludes halogenated alkanes) is 30. The van der Waals surface area contributed by atoms with Crippen LogP contribution in [0.3, 0.4) is 0 Å². The van der Waals surface area contributed by atoms with Crippen LogP contribution in [0.4, 0.5) is 8.78 Å². The Morgan fingerprint density at radius 3 is 1.22 bits per heavy atom. The van der Waals surface area contributed by atoms with Crippen LogP contribution in [-0.4, -0.2) is 49.9 Å². The van der Waals surface area contributed by atoms with Gasteiger partial charge >= 0.3 is 0 Å². The Balaban J connectivity index is 0.000000680. The zero-order valence-corrected chi connectivity index (χ0v) is 43.3. The standard InChI is InChI=1S/C30H50FNO2.C30H46FNO2/c2*1-2-3-4-5-6-7-8-9-10-11-12-13-14-15-16-17-20-34-26-28(25-33)19-18-27-21-29(24-32)23-30(31)22-27/h21-23,28,33H,2-20,25-26H2,1H3;21-23,28,33H,2-17,20,25-26H2,1H3/t2*28-/m00/s1. The van der Waals surface area contributed by atoms with Crippen LogP contribution in [0.2, 0.25) is 0 Å². The molecule has 0 unspecified atom stereocenters. The predicted octanol–water partition coefficient (Wildman–Crippen LogP) is 16.5. The Kier molecular flexibility index (Phi) is 43.7. The molecule has 0 amide bonds. The quantitative estimate of drug-likeness (QED) is 0.0507. The van der Waals surface area contributed by atoms with Crippen LogP contribution in [0.15, 0.2) is 36.4 Å². The SMILES string of the molecule is CCCCCCCCCCCCCCCCCCOC[C@@H](C#Cc1cc(F)cc(C#N)c1)CO.CCCCCCCCCCCCCCCCCCOC[C@H](CO)CCc1cc(F)cc(C#N)c1. The minimum atomic E-state index is -0.483. The number of nitriles is 2. The zero-order valence-electron chi connectivity index (χ0n) is 43.3. The maximum atomic E-state index is 13.5. The van der Waals surface area contributed by atoms with Crippen molar-refractivity contribution in [3.05, 3.63) is 70.3 Å². The molecule has 0 aliphatic carbocycles. The van der Waals surface area contributed by atoms with Crippen molar-refractivity contribution in [3.8, 4) is 24.0 Å². The Labute approximate surface area is 415 Å². The number of nitrogens with zero attached hydrogens (tertiary/aromatic N) is 2. The normalized spacial score (nSPS) is 11.8. The topological polar surface area (TPSA) is 106 Å². The molecule has 0 aliphatic rings. The fraction of sp³-hybridized carbons (Fsp3) is 0.733. The summed E-state index contributed by atoms with van der Waals surface area (Å²) in [5.41, 5.74) is 1.82. The molecule has 0 bridgehead atoms. The summed E-state index contributed by atoms with van der Waals surface area (Å²) in [5.74, 6) is 4.64. The van der Waals surface area contributed by atoms with Crippen molar-refractivity contribution in [1.29, 1.82) is 10.5 Å². The van der Waals surface area contributed by atoms with Gasteiger partial charge in [-0.3, -0.25) is 0 Å². The number of hydrogen-bond donors (Lipinski definition) is 2. The number of halogens is 2. The lowest BCUT2D eigenvalue weighted by Crippen LogP contribution is -2.15. The Morgan fingerprint density at radius 1 is 0.456 bits per heavy atom. The Bertz CT molecular complexity index is 1610. The van der Waals surface area contributed by atoms with Gasteiger partial charge in [-0.15, -0.1) is 0 Å². The minimum absolute atomic E-state index is 0.0508. The second-order valence-corrected chi connectivity index (χ2v) is 19.3. The summed E-state index contributed by atoms with van der Waals surface area (Å²) in [4.78, 5) is 0. The van der Waals surface area contributed by atoms with Crippen molar-refractivity contribution in [2.75, 3.05) is 39.6 Å². The van der Waals surface area contributed by atoms with E-state index in [2.05, 4.69) is 25.7 Å². The highest BCUT2D eigenvalue weighted by molar-refractivity contribution is 5.42. The number of benzene rings is 2. The number of hydrogen-bond acceptors (Lipinski definition) is 6. The van der Waals surface area contributed by atoms with E-state index in [0.29, 0.717) is 37.4 Å². The summed E-state index contributed by atoms with van der Waals surface area (Å²) >= 11 is 0. The van der Waals surface area contributed by atoms with Crippen LogP contribution in [0, 0.1) is 58.0 Å². The van der Waals surface area contributed by atoms with Crippen LogP contribution in [0.25, 0.3) is 0 Å². The average Bonchev–Trinajstić information content (AvgIpc) is 3.34. The molecule has 68 heavy (non-hydrogen) atoms. The Morgan fingerprint density at radius 2 is 0.824 bits per heavy atom. The van der Waals surface area contributed by atoms with Crippen molar-refractivity contribution in [1.82, 2.24) is 0 Å². The predicted molar refractivity (Wildman–Crippen MR) is 279 cm³/mol. The summed E-state index contributed by atoms with van der Waals surface area (Å²) < 4.78 is 38.4. The maximum absolute atomic E-state index is 13.5. The third kappa shape index (κ3) is 38.5. The van der Waals surface area contributed by atoms with Crippen molar-refractivity contribution in [3.63, 3.8) is 0 Å². The molecule has 0 spiro atoms. The highest BCUT2D eigenvalue weighted by Crippen LogP contribution is 2.18. The number of ether oxygens (including phenoxy) is 2. The van der Waals surface area contributed by atoms with E-state index in [0.717, 1.165) is 31.4 Å². The fourth-order valence-corrected chi connectivity index (χ4v) is 8.49. The molecule has 0 saturated carbocycles. The van der Waals surface area contributed by atoms with Gasteiger partial charge in [0.2, 0.25) is 0 Å². The summed E-state index contributed by atoms with van der Waals surface area (Å²) in [6.45, 7) is 6.83. The van der Waals surface area contributed by atoms with Gasteiger partial charge in [0.25, 0.3) is 0 Å². The second-order valence-electron chi connectivity index (χ2n) is 19.3. The maximum Gasteiger partial charge on any atom is 0.125 e.